The summed E-state index contributed by atoms with van der Waals surface area (Å²) in [6.07, 6.45) is 4.00. The van der Waals surface area contributed by atoms with Crippen molar-refractivity contribution in [1.29, 1.82) is 0 Å². The minimum Gasteiger partial charge on any atom is -0.394 e. The molecule has 1 rings (SSSR count). The summed E-state index contributed by atoms with van der Waals surface area (Å²) < 4.78 is 0. The average molecular weight is 197 g/mol. The third-order valence-electron chi connectivity index (χ3n) is 2.95. The van der Waals surface area contributed by atoms with E-state index in [9.17, 15) is 4.79 Å². The second-order valence-electron chi connectivity index (χ2n) is 3.93. The highest BCUT2D eigenvalue weighted by atomic mass is 16.3. The largest absolute Gasteiger partial charge is 0.394 e. The van der Waals surface area contributed by atoms with E-state index in [0.717, 1.165) is 19.4 Å². The van der Waals surface area contributed by atoms with Crippen molar-refractivity contribution in [3.63, 3.8) is 0 Å². The minimum atomic E-state index is 0.0346. The topological polar surface area (TPSA) is 40.5 Å². The van der Waals surface area contributed by atoms with Crippen LogP contribution >= 0.6 is 0 Å². The van der Waals surface area contributed by atoms with Gasteiger partial charge in [-0.05, 0) is 18.8 Å². The highest BCUT2D eigenvalue weighted by Gasteiger charge is 2.32. The zero-order valence-electron chi connectivity index (χ0n) is 8.78. The second-order valence-corrected chi connectivity index (χ2v) is 3.93. The van der Waals surface area contributed by atoms with Crippen molar-refractivity contribution >= 4 is 5.91 Å². The molecule has 1 aliphatic heterocycles. The van der Waals surface area contributed by atoms with Gasteiger partial charge in [-0.15, -0.1) is 6.58 Å². The van der Waals surface area contributed by atoms with E-state index in [1.807, 2.05) is 4.90 Å². The number of likely N-dealkylation sites (tertiary alicyclic amines) is 1. The maximum Gasteiger partial charge on any atom is 0.223 e. The SMILES string of the molecule is C=CCCC(=O)N1CCC(C)C1CO. The van der Waals surface area contributed by atoms with Crippen LogP contribution in [0.25, 0.3) is 0 Å². The molecule has 1 saturated heterocycles. The quantitative estimate of drug-likeness (QED) is 0.687. The molecule has 3 nitrogen and oxygen atoms in total. The van der Waals surface area contributed by atoms with E-state index in [2.05, 4.69) is 13.5 Å². The van der Waals surface area contributed by atoms with Crippen LogP contribution in [0, 0.1) is 5.92 Å². The lowest BCUT2D eigenvalue weighted by Gasteiger charge is -2.25. The third kappa shape index (κ3) is 2.35. The number of aliphatic hydroxyl groups excluding tert-OH is 1. The molecule has 0 spiro atoms. The fourth-order valence-corrected chi connectivity index (χ4v) is 1.97. The van der Waals surface area contributed by atoms with Gasteiger partial charge < -0.3 is 10.0 Å². The van der Waals surface area contributed by atoms with Crippen LogP contribution in [0.15, 0.2) is 12.7 Å². The van der Waals surface area contributed by atoms with E-state index in [1.54, 1.807) is 6.08 Å². The van der Waals surface area contributed by atoms with Gasteiger partial charge in [0, 0.05) is 13.0 Å². The Hall–Kier alpha value is -0.830. The molecule has 80 valence electrons. The molecule has 2 atom stereocenters. The van der Waals surface area contributed by atoms with Gasteiger partial charge in [-0.2, -0.15) is 0 Å². The number of carbonyl (C=O) groups excluding carboxylic acids is 1. The average Bonchev–Trinajstić information content (AvgIpc) is 2.55. The number of hydrogen-bond donors (Lipinski definition) is 1. The second kappa shape index (κ2) is 5.15. The normalized spacial score (nSPS) is 26.6. The predicted molar refractivity (Wildman–Crippen MR) is 55.8 cm³/mol. The van der Waals surface area contributed by atoms with Crippen molar-refractivity contribution in [2.75, 3.05) is 13.2 Å². The molecule has 3 heteroatoms. The minimum absolute atomic E-state index is 0.0346. The van der Waals surface area contributed by atoms with Crippen LogP contribution in [0.5, 0.6) is 0 Å². The van der Waals surface area contributed by atoms with E-state index in [4.69, 9.17) is 5.11 Å². The highest BCUT2D eigenvalue weighted by Crippen LogP contribution is 2.24. The Bertz CT molecular complexity index is 215. The zero-order valence-corrected chi connectivity index (χ0v) is 8.78. The molecule has 0 saturated carbocycles. The standard InChI is InChI=1S/C11H19NO2/c1-3-4-5-11(14)12-7-6-9(2)10(12)8-13/h3,9-10,13H,1,4-8H2,2H3. The number of carbonyl (C=O) groups is 1. The van der Waals surface area contributed by atoms with Crippen LogP contribution in [0.1, 0.15) is 26.2 Å². The summed E-state index contributed by atoms with van der Waals surface area (Å²) in [7, 11) is 0. The number of allylic oxidation sites excluding steroid dienone is 1. The van der Waals surface area contributed by atoms with E-state index < -0.39 is 0 Å². The first-order chi connectivity index (χ1) is 6.70. The molecular formula is C11H19NO2. The summed E-state index contributed by atoms with van der Waals surface area (Å²) in [4.78, 5) is 13.5. The van der Waals surface area contributed by atoms with E-state index in [0.29, 0.717) is 12.3 Å². The lowest BCUT2D eigenvalue weighted by Crippen LogP contribution is -2.39. The van der Waals surface area contributed by atoms with Gasteiger partial charge in [0.1, 0.15) is 0 Å². The first-order valence-corrected chi connectivity index (χ1v) is 5.22. The molecule has 0 bridgehead atoms. The summed E-state index contributed by atoms with van der Waals surface area (Å²) in [5.41, 5.74) is 0. The first-order valence-electron chi connectivity index (χ1n) is 5.22. The molecule has 0 aromatic rings. The van der Waals surface area contributed by atoms with Crippen molar-refractivity contribution in [2.45, 2.75) is 32.2 Å². The predicted octanol–water partition coefficient (Wildman–Crippen LogP) is 1.18. The van der Waals surface area contributed by atoms with Crippen LogP contribution in [-0.4, -0.2) is 35.1 Å². The number of rotatable bonds is 4. The molecular weight excluding hydrogens is 178 g/mol. The zero-order chi connectivity index (χ0) is 10.6. The van der Waals surface area contributed by atoms with Crippen molar-refractivity contribution in [2.24, 2.45) is 5.92 Å². The maximum absolute atomic E-state index is 11.7. The lowest BCUT2D eigenvalue weighted by atomic mass is 10.0. The van der Waals surface area contributed by atoms with Gasteiger partial charge in [0.05, 0.1) is 12.6 Å². The molecule has 14 heavy (non-hydrogen) atoms. The number of aliphatic hydroxyl groups is 1. The summed E-state index contributed by atoms with van der Waals surface area (Å²) in [6.45, 7) is 6.56. The van der Waals surface area contributed by atoms with Gasteiger partial charge in [-0.1, -0.05) is 13.0 Å². The Morgan fingerprint density at radius 3 is 3.00 bits per heavy atom. The molecule has 0 radical (unpaired) electrons. The van der Waals surface area contributed by atoms with E-state index >= 15 is 0 Å². The smallest absolute Gasteiger partial charge is 0.223 e. The summed E-state index contributed by atoms with van der Waals surface area (Å²) >= 11 is 0. The fraction of sp³-hybridized carbons (Fsp3) is 0.727. The Morgan fingerprint density at radius 2 is 2.43 bits per heavy atom. The van der Waals surface area contributed by atoms with Gasteiger partial charge in [-0.3, -0.25) is 4.79 Å². The highest BCUT2D eigenvalue weighted by molar-refractivity contribution is 5.77. The molecule has 1 N–H and O–H groups in total. The van der Waals surface area contributed by atoms with Crippen molar-refractivity contribution in [3.05, 3.63) is 12.7 Å². The molecule has 0 aliphatic carbocycles. The molecule has 1 fully saturated rings. The third-order valence-corrected chi connectivity index (χ3v) is 2.95. The molecule has 2 unspecified atom stereocenters. The number of amides is 1. The molecule has 1 heterocycles. The van der Waals surface area contributed by atoms with Crippen LogP contribution in [0.2, 0.25) is 0 Å². The Labute approximate surface area is 85.4 Å². The molecule has 1 aliphatic rings. The molecule has 0 aromatic carbocycles. The fourth-order valence-electron chi connectivity index (χ4n) is 1.97. The van der Waals surface area contributed by atoms with Crippen LogP contribution in [0.3, 0.4) is 0 Å². The molecule has 1 amide bonds. The van der Waals surface area contributed by atoms with Gasteiger partial charge in [0.2, 0.25) is 5.91 Å². The van der Waals surface area contributed by atoms with Gasteiger partial charge >= 0.3 is 0 Å². The van der Waals surface area contributed by atoms with E-state index in [-0.39, 0.29) is 18.6 Å². The van der Waals surface area contributed by atoms with Crippen molar-refractivity contribution in [3.8, 4) is 0 Å². The monoisotopic (exact) mass is 197 g/mol. The maximum atomic E-state index is 11.7. The summed E-state index contributed by atoms with van der Waals surface area (Å²) in [5, 5.41) is 9.17. The number of hydrogen-bond acceptors (Lipinski definition) is 2. The lowest BCUT2D eigenvalue weighted by molar-refractivity contribution is -0.133. The Balaban J connectivity index is 2.50. The molecule has 0 aromatic heterocycles. The van der Waals surface area contributed by atoms with E-state index in [1.165, 1.54) is 0 Å². The number of nitrogens with zero attached hydrogens (tertiary/aromatic N) is 1. The van der Waals surface area contributed by atoms with Crippen LogP contribution in [0.4, 0.5) is 0 Å². The van der Waals surface area contributed by atoms with Gasteiger partial charge in [-0.25, -0.2) is 0 Å². The summed E-state index contributed by atoms with van der Waals surface area (Å²) in [6, 6.07) is 0.0346. The Kier molecular flexibility index (Phi) is 4.14. The van der Waals surface area contributed by atoms with Gasteiger partial charge in [0.25, 0.3) is 0 Å². The first kappa shape index (κ1) is 11.2. The Morgan fingerprint density at radius 1 is 1.71 bits per heavy atom. The summed E-state index contributed by atoms with van der Waals surface area (Å²) in [5.74, 6) is 0.570. The van der Waals surface area contributed by atoms with Gasteiger partial charge in [0.15, 0.2) is 0 Å². The van der Waals surface area contributed by atoms with Crippen LogP contribution < -0.4 is 0 Å². The van der Waals surface area contributed by atoms with Crippen molar-refractivity contribution in [1.82, 2.24) is 4.90 Å². The van der Waals surface area contributed by atoms with Crippen molar-refractivity contribution < 1.29 is 9.90 Å². The van der Waals surface area contributed by atoms with Crippen LogP contribution in [-0.2, 0) is 4.79 Å².